The molecular weight excluding hydrogens is 328 g/mol. The molecule has 2 rings (SSSR count). The third-order valence-corrected chi connectivity index (χ3v) is 4.89. The number of nitrogens with one attached hydrogen (secondary N) is 1. The number of benzene rings is 1. The fourth-order valence-electron chi connectivity index (χ4n) is 2.92. The van der Waals surface area contributed by atoms with Crippen LogP contribution in [0.15, 0.2) is 22.7 Å². The highest BCUT2D eigenvalue weighted by atomic mass is 79.9. The van der Waals surface area contributed by atoms with Gasteiger partial charge in [0.2, 0.25) is 0 Å². The van der Waals surface area contributed by atoms with Gasteiger partial charge in [-0.05, 0) is 42.5 Å². The van der Waals surface area contributed by atoms with Crippen LogP contribution in [-0.2, 0) is 0 Å². The second kappa shape index (κ2) is 8.16. The predicted octanol–water partition coefficient (Wildman–Crippen LogP) is 3.84. The zero-order chi connectivity index (χ0) is 15.2. The number of nitrogens with zero attached hydrogens (tertiary/aromatic N) is 1. The van der Waals surface area contributed by atoms with Crippen molar-refractivity contribution in [1.82, 2.24) is 10.2 Å². The summed E-state index contributed by atoms with van der Waals surface area (Å²) < 4.78 is 6.61. The minimum Gasteiger partial charge on any atom is -0.497 e. The zero-order valence-electron chi connectivity index (χ0n) is 13.4. The van der Waals surface area contributed by atoms with Gasteiger partial charge in [0.25, 0.3) is 0 Å². The molecule has 1 fully saturated rings. The lowest BCUT2D eigenvalue weighted by Gasteiger charge is -2.36. The summed E-state index contributed by atoms with van der Waals surface area (Å²) in [6.07, 6.45) is 2.45. The maximum absolute atomic E-state index is 5.42. The van der Waals surface area contributed by atoms with Crippen molar-refractivity contribution in [3.63, 3.8) is 0 Å². The number of hydrogen-bond acceptors (Lipinski definition) is 3. The summed E-state index contributed by atoms with van der Waals surface area (Å²) in [5.74, 6) is 1.68. The van der Waals surface area contributed by atoms with Crippen molar-refractivity contribution in [3.8, 4) is 5.75 Å². The van der Waals surface area contributed by atoms with Gasteiger partial charge in [0.05, 0.1) is 7.11 Å². The monoisotopic (exact) mass is 354 g/mol. The Morgan fingerprint density at radius 2 is 1.95 bits per heavy atom. The molecule has 1 aliphatic rings. The Morgan fingerprint density at radius 3 is 2.57 bits per heavy atom. The van der Waals surface area contributed by atoms with Gasteiger partial charge < -0.3 is 10.1 Å². The van der Waals surface area contributed by atoms with Gasteiger partial charge in [-0.25, -0.2) is 0 Å². The molecule has 0 bridgehead atoms. The first-order chi connectivity index (χ1) is 10.1. The van der Waals surface area contributed by atoms with E-state index in [0.29, 0.717) is 6.04 Å². The number of rotatable bonds is 6. The lowest BCUT2D eigenvalue weighted by atomic mass is 9.95. The quantitative estimate of drug-likeness (QED) is 0.839. The molecule has 21 heavy (non-hydrogen) atoms. The molecule has 3 nitrogen and oxygen atoms in total. The summed E-state index contributed by atoms with van der Waals surface area (Å²) in [5.41, 5.74) is 1.36. The fraction of sp³-hybridized carbons (Fsp3) is 0.647. The molecule has 1 N–H and O–H groups in total. The van der Waals surface area contributed by atoms with E-state index in [1.54, 1.807) is 7.11 Å². The summed E-state index contributed by atoms with van der Waals surface area (Å²) in [6.45, 7) is 9.00. The van der Waals surface area contributed by atoms with Crippen LogP contribution in [0.2, 0.25) is 0 Å². The molecule has 1 atom stereocenters. The van der Waals surface area contributed by atoms with Crippen LogP contribution >= 0.6 is 15.9 Å². The van der Waals surface area contributed by atoms with Crippen molar-refractivity contribution in [3.05, 3.63) is 28.2 Å². The van der Waals surface area contributed by atoms with Gasteiger partial charge in [0.1, 0.15) is 5.75 Å². The van der Waals surface area contributed by atoms with Crippen LogP contribution in [0.4, 0.5) is 0 Å². The minimum absolute atomic E-state index is 0.471. The van der Waals surface area contributed by atoms with Crippen LogP contribution in [0.5, 0.6) is 5.75 Å². The average molecular weight is 355 g/mol. The van der Waals surface area contributed by atoms with E-state index >= 15 is 0 Å². The Kier molecular flexibility index (Phi) is 6.52. The maximum atomic E-state index is 5.42. The molecule has 0 unspecified atom stereocenters. The van der Waals surface area contributed by atoms with E-state index in [9.17, 15) is 0 Å². The summed E-state index contributed by atoms with van der Waals surface area (Å²) in [6, 6.07) is 6.79. The molecule has 1 aliphatic heterocycles. The number of hydrogen-bond donors (Lipinski definition) is 1. The molecule has 0 radical (unpaired) electrons. The lowest BCUT2D eigenvalue weighted by molar-refractivity contribution is 0.159. The molecule has 0 aliphatic carbocycles. The minimum atomic E-state index is 0.471. The Bertz CT molecular complexity index is 444. The number of ether oxygens (including phenoxy) is 1. The standard InChI is InChI=1S/C17H27BrN2O/c1-13(2)4-7-17(20-10-8-19-9-11-20)15-12-14(21-3)5-6-16(15)18/h5-6,12-13,17,19H,4,7-11H2,1-3H3/t17-/m0/s1. The molecule has 0 amide bonds. The molecule has 0 aromatic heterocycles. The average Bonchev–Trinajstić information content (AvgIpc) is 2.50. The third-order valence-electron chi connectivity index (χ3n) is 4.17. The molecule has 4 heteroatoms. The Balaban J connectivity index is 2.24. The van der Waals surface area contributed by atoms with Crippen LogP contribution in [0.1, 0.15) is 38.3 Å². The van der Waals surface area contributed by atoms with Crippen molar-refractivity contribution in [2.45, 2.75) is 32.7 Å². The van der Waals surface area contributed by atoms with Gasteiger partial charge in [0.15, 0.2) is 0 Å². The largest absolute Gasteiger partial charge is 0.497 e. The SMILES string of the molecule is COc1ccc(Br)c([C@H](CCC(C)C)N2CCNCC2)c1. The van der Waals surface area contributed by atoms with Crippen molar-refractivity contribution >= 4 is 15.9 Å². The molecule has 0 spiro atoms. The van der Waals surface area contributed by atoms with E-state index in [4.69, 9.17) is 4.74 Å². The predicted molar refractivity (Wildman–Crippen MR) is 91.9 cm³/mol. The van der Waals surface area contributed by atoms with Gasteiger partial charge in [-0.15, -0.1) is 0 Å². The normalized spacial score (nSPS) is 18.0. The first-order valence-corrected chi connectivity index (χ1v) is 8.69. The zero-order valence-corrected chi connectivity index (χ0v) is 14.9. The molecule has 1 heterocycles. The van der Waals surface area contributed by atoms with Gasteiger partial charge in [-0.2, -0.15) is 0 Å². The second-order valence-corrected chi connectivity index (χ2v) is 7.01. The van der Waals surface area contributed by atoms with Crippen molar-refractivity contribution in [1.29, 1.82) is 0 Å². The van der Waals surface area contributed by atoms with Gasteiger partial charge in [-0.1, -0.05) is 29.8 Å². The van der Waals surface area contributed by atoms with Gasteiger partial charge in [-0.3, -0.25) is 4.90 Å². The van der Waals surface area contributed by atoms with E-state index < -0.39 is 0 Å². The summed E-state index contributed by atoms with van der Waals surface area (Å²) in [5, 5.41) is 3.45. The first kappa shape index (κ1) is 16.8. The summed E-state index contributed by atoms with van der Waals surface area (Å²) >= 11 is 3.74. The van der Waals surface area contributed by atoms with Crippen LogP contribution in [-0.4, -0.2) is 38.2 Å². The number of halogens is 1. The molecule has 1 aromatic rings. The van der Waals surface area contributed by atoms with E-state index in [1.807, 2.05) is 6.07 Å². The second-order valence-electron chi connectivity index (χ2n) is 6.16. The molecule has 1 saturated heterocycles. The fourth-order valence-corrected chi connectivity index (χ4v) is 3.43. The van der Waals surface area contributed by atoms with Crippen LogP contribution in [0.25, 0.3) is 0 Å². The first-order valence-electron chi connectivity index (χ1n) is 7.90. The molecule has 118 valence electrons. The molecular formula is C17H27BrN2O. The maximum Gasteiger partial charge on any atom is 0.119 e. The van der Waals surface area contributed by atoms with Crippen molar-refractivity contribution in [2.24, 2.45) is 5.92 Å². The number of methoxy groups -OCH3 is 1. The molecule has 1 aromatic carbocycles. The highest BCUT2D eigenvalue weighted by Gasteiger charge is 2.24. The summed E-state index contributed by atoms with van der Waals surface area (Å²) in [7, 11) is 1.74. The van der Waals surface area contributed by atoms with Crippen LogP contribution in [0, 0.1) is 5.92 Å². The van der Waals surface area contributed by atoms with E-state index in [-0.39, 0.29) is 0 Å². The van der Waals surface area contributed by atoms with E-state index in [1.165, 1.54) is 22.9 Å². The van der Waals surface area contributed by atoms with Crippen molar-refractivity contribution < 1.29 is 4.74 Å². The van der Waals surface area contributed by atoms with Gasteiger partial charge in [0, 0.05) is 36.7 Å². The Labute approximate surface area is 137 Å². The van der Waals surface area contributed by atoms with Crippen LogP contribution in [0.3, 0.4) is 0 Å². The smallest absolute Gasteiger partial charge is 0.119 e. The Morgan fingerprint density at radius 1 is 1.24 bits per heavy atom. The summed E-state index contributed by atoms with van der Waals surface area (Å²) in [4.78, 5) is 2.61. The topological polar surface area (TPSA) is 24.5 Å². The highest BCUT2D eigenvalue weighted by molar-refractivity contribution is 9.10. The van der Waals surface area contributed by atoms with Gasteiger partial charge >= 0.3 is 0 Å². The van der Waals surface area contributed by atoms with E-state index in [2.05, 4.69) is 52.1 Å². The van der Waals surface area contributed by atoms with Crippen LogP contribution < -0.4 is 10.1 Å². The number of piperazine rings is 1. The van der Waals surface area contributed by atoms with Crippen molar-refractivity contribution in [2.75, 3.05) is 33.3 Å². The van der Waals surface area contributed by atoms with E-state index in [0.717, 1.165) is 37.8 Å². The third kappa shape index (κ3) is 4.70. The lowest BCUT2D eigenvalue weighted by Crippen LogP contribution is -2.45. The highest BCUT2D eigenvalue weighted by Crippen LogP contribution is 2.35. The molecule has 0 saturated carbocycles. The Hall–Kier alpha value is -0.580.